The van der Waals surface area contributed by atoms with E-state index in [0.29, 0.717) is 11.4 Å². The first kappa shape index (κ1) is 16.3. The van der Waals surface area contributed by atoms with Crippen LogP contribution in [0.25, 0.3) is 0 Å². The van der Waals surface area contributed by atoms with Crippen molar-refractivity contribution < 1.29 is 22.7 Å². The number of hydrogen-bond acceptors (Lipinski definition) is 6. The van der Waals surface area contributed by atoms with Crippen molar-refractivity contribution in [3.05, 3.63) is 24.3 Å². The SMILES string of the molecule is COC(=O)CCNS(=O)(=O)CCOc1cccc(N)c1. The number of ether oxygens (including phenoxy) is 2. The summed E-state index contributed by atoms with van der Waals surface area (Å²) in [5.41, 5.74) is 6.11. The lowest BCUT2D eigenvalue weighted by molar-refractivity contribution is -0.140. The number of esters is 1. The minimum Gasteiger partial charge on any atom is -0.492 e. The van der Waals surface area contributed by atoms with Crippen molar-refractivity contribution >= 4 is 21.7 Å². The topological polar surface area (TPSA) is 108 Å². The summed E-state index contributed by atoms with van der Waals surface area (Å²) in [4.78, 5) is 10.8. The Bertz CT molecular complexity index is 545. The Hall–Kier alpha value is -1.80. The van der Waals surface area contributed by atoms with Crippen molar-refractivity contribution in [3.8, 4) is 5.75 Å². The second-order valence-electron chi connectivity index (χ2n) is 3.96. The van der Waals surface area contributed by atoms with E-state index < -0.39 is 16.0 Å². The van der Waals surface area contributed by atoms with Gasteiger partial charge in [0.2, 0.25) is 10.0 Å². The highest BCUT2D eigenvalue weighted by Crippen LogP contribution is 2.14. The number of sulfonamides is 1. The molecular formula is C12H18N2O5S. The van der Waals surface area contributed by atoms with Crippen molar-refractivity contribution in [1.29, 1.82) is 0 Å². The van der Waals surface area contributed by atoms with E-state index in [2.05, 4.69) is 9.46 Å². The lowest BCUT2D eigenvalue weighted by atomic mass is 10.3. The zero-order valence-corrected chi connectivity index (χ0v) is 12.0. The van der Waals surface area contributed by atoms with Crippen LogP contribution in [0.3, 0.4) is 0 Å². The standard InChI is InChI=1S/C12H18N2O5S/c1-18-12(15)5-6-14-20(16,17)8-7-19-11-4-2-3-10(13)9-11/h2-4,9,14H,5-8,13H2,1H3. The minimum absolute atomic E-state index is 0.00297. The van der Waals surface area contributed by atoms with E-state index in [9.17, 15) is 13.2 Å². The zero-order chi connectivity index (χ0) is 15.0. The summed E-state index contributed by atoms with van der Waals surface area (Å²) in [5, 5.41) is 0. The number of carbonyl (C=O) groups excluding carboxylic acids is 1. The highest BCUT2D eigenvalue weighted by Gasteiger charge is 2.11. The second-order valence-corrected chi connectivity index (χ2v) is 5.89. The third kappa shape index (κ3) is 6.39. The average Bonchev–Trinajstić information content (AvgIpc) is 2.38. The Morgan fingerprint density at radius 1 is 1.40 bits per heavy atom. The van der Waals surface area contributed by atoms with Crippen LogP contribution in [0.15, 0.2) is 24.3 Å². The molecular weight excluding hydrogens is 284 g/mol. The van der Waals surface area contributed by atoms with Crippen molar-refractivity contribution in [1.82, 2.24) is 4.72 Å². The van der Waals surface area contributed by atoms with Crippen LogP contribution in [0.2, 0.25) is 0 Å². The average molecular weight is 302 g/mol. The van der Waals surface area contributed by atoms with Crippen molar-refractivity contribution in [2.45, 2.75) is 6.42 Å². The smallest absolute Gasteiger partial charge is 0.306 e. The van der Waals surface area contributed by atoms with Gasteiger partial charge in [-0.2, -0.15) is 0 Å². The highest BCUT2D eigenvalue weighted by molar-refractivity contribution is 7.89. The van der Waals surface area contributed by atoms with Crippen LogP contribution in [0.4, 0.5) is 5.69 Å². The molecule has 7 nitrogen and oxygen atoms in total. The number of hydrogen-bond donors (Lipinski definition) is 2. The van der Waals surface area contributed by atoms with Gasteiger partial charge in [0.1, 0.15) is 12.4 Å². The third-order valence-electron chi connectivity index (χ3n) is 2.36. The zero-order valence-electron chi connectivity index (χ0n) is 11.2. The predicted molar refractivity (Wildman–Crippen MR) is 74.8 cm³/mol. The maximum Gasteiger partial charge on any atom is 0.306 e. The van der Waals surface area contributed by atoms with E-state index in [1.807, 2.05) is 0 Å². The summed E-state index contributed by atoms with van der Waals surface area (Å²) in [6.07, 6.45) is -0.00813. The van der Waals surface area contributed by atoms with Crippen LogP contribution < -0.4 is 15.2 Å². The number of carbonyl (C=O) groups is 1. The number of benzene rings is 1. The summed E-state index contributed by atoms with van der Waals surface area (Å²) in [5.74, 6) is -0.165. The van der Waals surface area contributed by atoms with Crippen LogP contribution in [-0.4, -0.2) is 40.4 Å². The molecule has 0 aliphatic carbocycles. The van der Waals surface area contributed by atoms with Gasteiger partial charge in [0.05, 0.1) is 19.3 Å². The van der Waals surface area contributed by atoms with Gasteiger partial charge in [0, 0.05) is 18.3 Å². The molecule has 0 saturated heterocycles. The molecule has 0 aliphatic heterocycles. The van der Waals surface area contributed by atoms with E-state index in [-0.39, 0.29) is 25.3 Å². The Labute approximate surface area is 118 Å². The molecule has 0 spiro atoms. The van der Waals surface area contributed by atoms with Crippen LogP contribution >= 0.6 is 0 Å². The number of nitrogens with one attached hydrogen (secondary N) is 1. The van der Waals surface area contributed by atoms with Crippen LogP contribution in [0.1, 0.15) is 6.42 Å². The van der Waals surface area contributed by atoms with Gasteiger partial charge < -0.3 is 15.2 Å². The second kappa shape index (κ2) is 7.71. The Morgan fingerprint density at radius 3 is 2.80 bits per heavy atom. The number of nitrogen functional groups attached to an aromatic ring is 1. The molecule has 112 valence electrons. The molecule has 1 aromatic carbocycles. The lowest BCUT2D eigenvalue weighted by Gasteiger charge is -2.08. The van der Waals surface area contributed by atoms with E-state index in [1.54, 1.807) is 24.3 Å². The van der Waals surface area contributed by atoms with E-state index in [1.165, 1.54) is 7.11 Å². The van der Waals surface area contributed by atoms with Gasteiger partial charge in [-0.3, -0.25) is 4.79 Å². The molecule has 3 N–H and O–H groups in total. The summed E-state index contributed by atoms with van der Waals surface area (Å²) in [6.45, 7) is 0.00427. The molecule has 0 heterocycles. The third-order valence-corrected chi connectivity index (χ3v) is 3.71. The first-order valence-electron chi connectivity index (χ1n) is 5.95. The molecule has 20 heavy (non-hydrogen) atoms. The van der Waals surface area contributed by atoms with Gasteiger partial charge in [-0.05, 0) is 12.1 Å². The summed E-state index contributed by atoms with van der Waals surface area (Å²) in [6, 6.07) is 6.72. The molecule has 1 rings (SSSR count). The first-order chi connectivity index (χ1) is 9.43. The predicted octanol–water partition coefficient (Wildman–Crippen LogP) is 0.130. The largest absolute Gasteiger partial charge is 0.492 e. The summed E-state index contributed by atoms with van der Waals surface area (Å²) in [7, 11) is -2.23. The molecule has 0 saturated carbocycles. The van der Waals surface area contributed by atoms with Gasteiger partial charge >= 0.3 is 5.97 Å². The minimum atomic E-state index is -3.48. The van der Waals surface area contributed by atoms with Crippen LogP contribution in [-0.2, 0) is 19.6 Å². The molecule has 0 atom stereocenters. The first-order valence-corrected chi connectivity index (χ1v) is 7.60. The Morgan fingerprint density at radius 2 is 2.15 bits per heavy atom. The molecule has 0 amide bonds. The number of methoxy groups -OCH3 is 1. The van der Waals surface area contributed by atoms with E-state index >= 15 is 0 Å². The normalized spacial score (nSPS) is 11.1. The van der Waals surface area contributed by atoms with E-state index in [0.717, 1.165) is 0 Å². The fraction of sp³-hybridized carbons (Fsp3) is 0.417. The van der Waals surface area contributed by atoms with Crippen LogP contribution in [0.5, 0.6) is 5.75 Å². The number of rotatable bonds is 8. The Kier molecular flexibility index (Phi) is 6.26. The van der Waals surface area contributed by atoms with Gasteiger partial charge in [0.15, 0.2) is 0 Å². The van der Waals surface area contributed by atoms with Crippen molar-refractivity contribution in [2.24, 2.45) is 0 Å². The molecule has 0 aromatic heterocycles. The number of nitrogens with two attached hydrogens (primary N) is 1. The molecule has 0 aliphatic rings. The maximum atomic E-state index is 11.6. The fourth-order valence-corrected chi connectivity index (χ4v) is 2.22. The highest BCUT2D eigenvalue weighted by atomic mass is 32.2. The lowest BCUT2D eigenvalue weighted by Crippen LogP contribution is -2.31. The molecule has 1 aromatic rings. The summed E-state index contributed by atoms with van der Waals surface area (Å²) >= 11 is 0. The van der Waals surface area contributed by atoms with E-state index in [4.69, 9.17) is 10.5 Å². The number of anilines is 1. The maximum absolute atomic E-state index is 11.6. The fourth-order valence-electron chi connectivity index (χ4n) is 1.36. The van der Waals surface area contributed by atoms with Crippen molar-refractivity contribution in [3.63, 3.8) is 0 Å². The van der Waals surface area contributed by atoms with Gasteiger partial charge in [0.25, 0.3) is 0 Å². The van der Waals surface area contributed by atoms with Gasteiger partial charge in [-0.1, -0.05) is 6.07 Å². The van der Waals surface area contributed by atoms with Crippen molar-refractivity contribution in [2.75, 3.05) is 31.7 Å². The molecule has 0 bridgehead atoms. The van der Waals surface area contributed by atoms with Gasteiger partial charge in [-0.15, -0.1) is 0 Å². The molecule has 0 unspecified atom stereocenters. The quantitative estimate of drug-likeness (QED) is 0.522. The molecule has 0 radical (unpaired) electrons. The van der Waals surface area contributed by atoms with Crippen LogP contribution in [0, 0.1) is 0 Å². The van der Waals surface area contributed by atoms with Gasteiger partial charge in [-0.25, -0.2) is 13.1 Å². The molecule has 0 fully saturated rings. The monoisotopic (exact) mass is 302 g/mol. The Balaban J connectivity index is 2.31. The summed E-state index contributed by atoms with van der Waals surface area (Å²) < 4.78 is 35.2. The molecule has 8 heteroatoms.